The monoisotopic (exact) mass is 421 g/mol. The van der Waals surface area contributed by atoms with Crippen molar-refractivity contribution in [1.82, 2.24) is 9.80 Å². The molecule has 1 fully saturated rings. The Kier molecular flexibility index (Phi) is 9.45. The maximum absolute atomic E-state index is 12.5. The van der Waals surface area contributed by atoms with Gasteiger partial charge in [0.15, 0.2) is 0 Å². The highest BCUT2D eigenvalue weighted by Crippen LogP contribution is 2.21. The van der Waals surface area contributed by atoms with Crippen LogP contribution in [-0.4, -0.2) is 54.3 Å². The number of amides is 3. The standard InChI is InChI=1S/C22H32ClN3O3/c1-3-4-5-6-7-8-9-10-20(27)24(2)15-21(28)25-16-22(29)26(17-25)19-13-11-18(23)12-14-19/h11-14H,3-10,15-17H2,1-2H3. The van der Waals surface area contributed by atoms with Crippen molar-refractivity contribution in [3.8, 4) is 0 Å². The number of nitrogens with zero attached hydrogens (tertiary/aromatic N) is 3. The van der Waals surface area contributed by atoms with E-state index in [-0.39, 0.29) is 37.5 Å². The second-order valence-electron chi connectivity index (χ2n) is 7.65. The van der Waals surface area contributed by atoms with Crippen molar-refractivity contribution < 1.29 is 14.4 Å². The van der Waals surface area contributed by atoms with E-state index in [2.05, 4.69) is 6.92 Å². The smallest absolute Gasteiger partial charge is 0.248 e. The molecule has 1 aromatic rings. The maximum atomic E-state index is 12.5. The Balaban J connectivity index is 1.72. The van der Waals surface area contributed by atoms with Crippen LogP contribution in [0, 0.1) is 0 Å². The molecule has 29 heavy (non-hydrogen) atoms. The van der Waals surface area contributed by atoms with Gasteiger partial charge in [-0.2, -0.15) is 0 Å². The lowest BCUT2D eigenvalue weighted by Crippen LogP contribution is -2.40. The van der Waals surface area contributed by atoms with Crippen LogP contribution in [-0.2, 0) is 14.4 Å². The van der Waals surface area contributed by atoms with Crippen LogP contribution in [0.2, 0.25) is 5.02 Å². The van der Waals surface area contributed by atoms with Crippen LogP contribution in [0.15, 0.2) is 24.3 Å². The molecule has 1 aliphatic rings. The molecular weight excluding hydrogens is 390 g/mol. The summed E-state index contributed by atoms with van der Waals surface area (Å²) in [6, 6.07) is 6.94. The second kappa shape index (κ2) is 11.8. The van der Waals surface area contributed by atoms with Crippen molar-refractivity contribution in [2.24, 2.45) is 0 Å². The largest absolute Gasteiger partial charge is 0.336 e. The highest BCUT2D eigenvalue weighted by Gasteiger charge is 2.32. The van der Waals surface area contributed by atoms with Gasteiger partial charge in [-0.25, -0.2) is 0 Å². The Morgan fingerprint density at radius 3 is 2.31 bits per heavy atom. The van der Waals surface area contributed by atoms with Gasteiger partial charge in [0, 0.05) is 24.2 Å². The summed E-state index contributed by atoms with van der Waals surface area (Å²) < 4.78 is 0. The van der Waals surface area contributed by atoms with E-state index in [0.717, 1.165) is 19.3 Å². The van der Waals surface area contributed by atoms with Crippen LogP contribution in [0.4, 0.5) is 5.69 Å². The van der Waals surface area contributed by atoms with E-state index in [1.807, 2.05) is 0 Å². The van der Waals surface area contributed by atoms with Crippen molar-refractivity contribution in [3.63, 3.8) is 0 Å². The SMILES string of the molecule is CCCCCCCCCC(=O)N(C)CC(=O)N1CC(=O)N(c2ccc(Cl)cc2)C1. The zero-order valence-electron chi connectivity index (χ0n) is 17.5. The molecule has 0 unspecified atom stereocenters. The predicted octanol–water partition coefficient (Wildman–Crippen LogP) is 4.07. The first-order chi connectivity index (χ1) is 13.9. The van der Waals surface area contributed by atoms with Gasteiger partial charge in [0.2, 0.25) is 17.7 Å². The molecule has 0 aliphatic carbocycles. The molecule has 6 nitrogen and oxygen atoms in total. The minimum Gasteiger partial charge on any atom is -0.336 e. The van der Waals surface area contributed by atoms with E-state index in [0.29, 0.717) is 17.1 Å². The fourth-order valence-corrected chi connectivity index (χ4v) is 3.50. The van der Waals surface area contributed by atoms with Crippen molar-refractivity contribution in [2.45, 2.75) is 58.3 Å². The first-order valence-corrected chi connectivity index (χ1v) is 10.9. The Bertz CT molecular complexity index is 693. The van der Waals surface area contributed by atoms with Crippen LogP contribution < -0.4 is 4.90 Å². The number of hydrogen-bond acceptors (Lipinski definition) is 3. The molecule has 0 N–H and O–H groups in total. The number of halogens is 1. The molecule has 1 heterocycles. The van der Waals surface area contributed by atoms with Crippen LogP contribution >= 0.6 is 11.6 Å². The zero-order valence-corrected chi connectivity index (χ0v) is 18.3. The lowest BCUT2D eigenvalue weighted by molar-refractivity contribution is -0.139. The van der Waals surface area contributed by atoms with Crippen LogP contribution in [0.3, 0.4) is 0 Å². The summed E-state index contributed by atoms with van der Waals surface area (Å²) in [6.07, 6.45) is 8.53. The number of benzene rings is 1. The molecule has 1 aromatic carbocycles. The lowest BCUT2D eigenvalue weighted by Gasteiger charge is -2.22. The van der Waals surface area contributed by atoms with Crippen LogP contribution in [0.25, 0.3) is 0 Å². The van der Waals surface area contributed by atoms with Gasteiger partial charge in [-0.1, -0.05) is 57.0 Å². The third kappa shape index (κ3) is 7.35. The third-order valence-electron chi connectivity index (χ3n) is 5.22. The molecule has 0 radical (unpaired) electrons. The molecule has 1 aliphatic heterocycles. The molecule has 0 spiro atoms. The van der Waals surface area contributed by atoms with Gasteiger partial charge in [0.1, 0.15) is 13.2 Å². The van der Waals surface area contributed by atoms with Gasteiger partial charge < -0.3 is 9.80 Å². The molecule has 0 saturated carbocycles. The highest BCUT2D eigenvalue weighted by molar-refractivity contribution is 6.30. The predicted molar refractivity (Wildman–Crippen MR) is 116 cm³/mol. The Labute approximate surface area is 178 Å². The first-order valence-electron chi connectivity index (χ1n) is 10.5. The zero-order chi connectivity index (χ0) is 21.2. The number of carbonyl (C=O) groups is 3. The average Bonchev–Trinajstić information content (AvgIpc) is 3.09. The van der Waals surface area contributed by atoms with Gasteiger partial charge in [0.25, 0.3) is 0 Å². The third-order valence-corrected chi connectivity index (χ3v) is 5.47. The number of carbonyl (C=O) groups excluding carboxylic acids is 3. The summed E-state index contributed by atoms with van der Waals surface area (Å²) in [4.78, 5) is 41.6. The average molecular weight is 422 g/mol. The van der Waals surface area contributed by atoms with Gasteiger partial charge >= 0.3 is 0 Å². The highest BCUT2D eigenvalue weighted by atomic mass is 35.5. The van der Waals surface area contributed by atoms with Gasteiger partial charge in [-0.3, -0.25) is 19.3 Å². The van der Waals surface area contributed by atoms with E-state index in [4.69, 9.17) is 11.6 Å². The van der Waals surface area contributed by atoms with Crippen molar-refractivity contribution in [3.05, 3.63) is 29.3 Å². The van der Waals surface area contributed by atoms with Gasteiger partial charge in [0.05, 0.1) is 6.54 Å². The molecule has 3 amide bonds. The quantitative estimate of drug-likeness (QED) is 0.506. The van der Waals surface area contributed by atoms with Gasteiger partial charge in [-0.05, 0) is 30.7 Å². The van der Waals surface area contributed by atoms with Gasteiger partial charge in [-0.15, -0.1) is 0 Å². The Hall–Kier alpha value is -2.08. The number of rotatable bonds is 11. The first kappa shape index (κ1) is 23.2. The summed E-state index contributed by atoms with van der Waals surface area (Å²) >= 11 is 5.89. The van der Waals surface area contributed by atoms with E-state index in [1.54, 1.807) is 36.2 Å². The number of likely N-dealkylation sites (N-methyl/N-ethyl adjacent to an activating group) is 1. The topological polar surface area (TPSA) is 60.9 Å². The number of hydrogen-bond donors (Lipinski definition) is 0. The van der Waals surface area contributed by atoms with E-state index >= 15 is 0 Å². The van der Waals surface area contributed by atoms with Crippen LogP contribution in [0.5, 0.6) is 0 Å². The maximum Gasteiger partial charge on any atom is 0.248 e. The molecule has 0 atom stereocenters. The van der Waals surface area contributed by atoms with Crippen molar-refractivity contribution in [2.75, 3.05) is 31.7 Å². The minimum absolute atomic E-state index is 0.00291. The normalized spacial score (nSPS) is 13.8. The number of unbranched alkanes of at least 4 members (excludes halogenated alkanes) is 6. The lowest BCUT2D eigenvalue weighted by atomic mass is 10.1. The fraction of sp³-hybridized carbons (Fsp3) is 0.591. The van der Waals surface area contributed by atoms with E-state index in [1.165, 1.54) is 35.5 Å². The van der Waals surface area contributed by atoms with Crippen LogP contribution in [0.1, 0.15) is 58.3 Å². The number of anilines is 1. The molecule has 160 valence electrons. The molecule has 7 heteroatoms. The minimum atomic E-state index is -0.217. The van der Waals surface area contributed by atoms with Crippen molar-refractivity contribution in [1.29, 1.82) is 0 Å². The molecule has 2 rings (SSSR count). The van der Waals surface area contributed by atoms with E-state index < -0.39 is 0 Å². The fourth-order valence-electron chi connectivity index (χ4n) is 3.38. The van der Waals surface area contributed by atoms with Crippen molar-refractivity contribution >= 4 is 35.0 Å². The summed E-state index contributed by atoms with van der Waals surface area (Å²) in [5.41, 5.74) is 0.707. The Morgan fingerprint density at radius 2 is 1.66 bits per heavy atom. The summed E-state index contributed by atoms with van der Waals surface area (Å²) in [5, 5.41) is 0.592. The molecule has 0 bridgehead atoms. The summed E-state index contributed by atoms with van der Waals surface area (Å²) in [6.45, 7) is 2.42. The molecule has 0 aromatic heterocycles. The molecule has 1 saturated heterocycles. The Morgan fingerprint density at radius 1 is 1.03 bits per heavy atom. The molecular formula is C22H32ClN3O3. The van der Waals surface area contributed by atoms with E-state index in [9.17, 15) is 14.4 Å². The summed E-state index contributed by atoms with van der Waals surface area (Å²) in [7, 11) is 1.65. The summed E-state index contributed by atoms with van der Waals surface area (Å²) in [5.74, 6) is -0.380. The second-order valence-corrected chi connectivity index (χ2v) is 8.09.